The minimum absolute atomic E-state index is 0.967. The van der Waals surface area contributed by atoms with Crippen LogP contribution in [0.3, 0.4) is 0 Å². The molecule has 2 heteroatoms. The van der Waals surface area contributed by atoms with Crippen LogP contribution < -0.4 is 5.32 Å². The fourth-order valence-electron chi connectivity index (χ4n) is 2.59. The van der Waals surface area contributed by atoms with E-state index in [2.05, 4.69) is 52.8 Å². The van der Waals surface area contributed by atoms with Crippen LogP contribution in [-0.2, 0) is 0 Å². The quantitative estimate of drug-likeness (QED) is 0.695. The Balaban J connectivity index is 1.96. The van der Waals surface area contributed by atoms with Gasteiger partial charge < -0.3 is 5.32 Å². The van der Waals surface area contributed by atoms with Crippen molar-refractivity contribution in [3.63, 3.8) is 0 Å². The van der Waals surface area contributed by atoms with E-state index in [0.717, 1.165) is 17.1 Å². The third-order valence-corrected chi connectivity index (χ3v) is 3.45. The number of rotatable bonds is 1. The molecule has 0 saturated carbocycles. The van der Waals surface area contributed by atoms with Gasteiger partial charge in [-0.3, -0.25) is 4.98 Å². The van der Waals surface area contributed by atoms with Crippen molar-refractivity contribution in [2.45, 2.75) is 0 Å². The Hall–Kier alpha value is -2.61. The number of nitrogens with zero attached hydrogens (tertiary/aromatic N) is 1. The summed E-state index contributed by atoms with van der Waals surface area (Å²) in [6.45, 7) is 0. The number of pyridine rings is 1. The fourth-order valence-corrected chi connectivity index (χ4v) is 2.59. The van der Waals surface area contributed by atoms with Crippen molar-refractivity contribution in [1.29, 1.82) is 0 Å². The molecule has 1 aliphatic rings. The molecule has 0 bridgehead atoms. The Morgan fingerprint density at radius 2 is 1.74 bits per heavy atom. The van der Waals surface area contributed by atoms with Crippen LogP contribution in [-0.4, -0.2) is 4.98 Å². The average Bonchev–Trinajstić information content (AvgIpc) is 2.49. The lowest BCUT2D eigenvalue weighted by Gasteiger charge is -2.19. The first-order valence-electron chi connectivity index (χ1n) is 6.34. The maximum Gasteiger partial charge on any atom is 0.0864 e. The van der Waals surface area contributed by atoms with Gasteiger partial charge in [0.25, 0.3) is 0 Å². The summed E-state index contributed by atoms with van der Waals surface area (Å²) in [6.07, 6.45) is 3.98. The zero-order chi connectivity index (χ0) is 12.7. The van der Waals surface area contributed by atoms with E-state index in [9.17, 15) is 0 Å². The van der Waals surface area contributed by atoms with Crippen molar-refractivity contribution in [3.05, 3.63) is 72.1 Å². The van der Waals surface area contributed by atoms with Crippen molar-refractivity contribution in [1.82, 2.24) is 4.98 Å². The number of hydrogen-bond acceptors (Lipinski definition) is 2. The summed E-state index contributed by atoms with van der Waals surface area (Å²) in [6, 6.07) is 18.7. The summed E-state index contributed by atoms with van der Waals surface area (Å²) < 4.78 is 0. The highest BCUT2D eigenvalue weighted by molar-refractivity contribution is 6.09. The first kappa shape index (κ1) is 10.3. The molecular weight excluding hydrogens is 232 g/mol. The highest BCUT2D eigenvalue weighted by Crippen LogP contribution is 2.35. The predicted molar refractivity (Wildman–Crippen MR) is 79.7 cm³/mol. The van der Waals surface area contributed by atoms with Gasteiger partial charge >= 0.3 is 0 Å². The van der Waals surface area contributed by atoms with E-state index in [1.165, 1.54) is 16.3 Å². The lowest BCUT2D eigenvalue weighted by Crippen LogP contribution is -2.05. The minimum atomic E-state index is 0.967. The fraction of sp³-hybridized carbons (Fsp3) is 0. The molecule has 2 aromatic carbocycles. The molecule has 0 saturated heterocycles. The summed E-state index contributed by atoms with van der Waals surface area (Å²) in [5.74, 6) is 0. The normalized spacial score (nSPS) is 12.9. The van der Waals surface area contributed by atoms with E-state index in [1.807, 2.05) is 24.4 Å². The number of aromatic nitrogens is 1. The SMILES string of the molecule is C1=C(c2ccccn2)Nc2cccc3cccc1c23. The molecule has 1 aromatic heterocycles. The maximum atomic E-state index is 4.41. The van der Waals surface area contributed by atoms with Crippen LogP contribution in [0.5, 0.6) is 0 Å². The van der Waals surface area contributed by atoms with E-state index < -0.39 is 0 Å². The van der Waals surface area contributed by atoms with Gasteiger partial charge in [-0.25, -0.2) is 0 Å². The van der Waals surface area contributed by atoms with Gasteiger partial charge in [0.2, 0.25) is 0 Å². The monoisotopic (exact) mass is 244 g/mol. The molecule has 4 rings (SSSR count). The molecule has 19 heavy (non-hydrogen) atoms. The van der Waals surface area contributed by atoms with Crippen LogP contribution in [0.25, 0.3) is 22.5 Å². The van der Waals surface area contributed by atoms with Gasteiger partial charge in [-0.15, -0.1) is 0 Å². The summed E-state index contributed by atoms with van der Waals surface area (Å²) in [4.78, 5) is 4.41. The predicted octanol–water partition coefficient (Wildman–Crippen LogP) is 4.16. The van der Waals surface area contributed by atoms with Gasteiger partial charge in [0.05, 0.1) is 11.4 Å². The topological polar surface area (TPSA) is 24.9 Å². The number of hydrogen-bond donors (Lipinski definition) is 1. The lowest BCUT2D eigenvalue weighted by molar-refractivity contribution is 1.27. The van der Waals surface area contributed by atoms with Gasteiger partial charge in [-0.2, -0.15) is 0 Å². The Morgan fingerprint density at radius 1 is 0.842 bits per heavy atom. The smallest absolute Gasteiger partial charge is 0.0864 e. The molecule has 0 atom stereocenters. The number of benzene rings is 2. The Bertz CT molecular complexity index is 783. The van der Waals surface area contributed by atoms with Gasteiger partial charge in [0, 0.05) is 17.3 Å². The molecule has 2 nitrogen and oxygen atoms in total. The van der Waals surface area contributed by atoms with E-state index in [4.69, 9.17) is 0 Å². The van der Waals surface area contributed by atoms with Gasteiger partial charge in [0.1, 0.15) is 0 Å². The standard InChI is InChI=1S/C17H12N2/c1-2-10-18-14(8-1)16-11-13-7-3-5-12-6-4-9-15(19-16)17(12)13/h1-11,19H. The first-order valence-corrected chi connectivity index (χ1v) is 6.34. The second kappa shape index (κ2) is 3.95. The molecule has 0 spiro atoms. The second-order valence-electron chi connectivity index (χ2n) is 4.65. The second-order valence-corrected chi connectivity index (χ2v) is 4.65. The van der Waals surface area contributed by atoms with E-state index in [0.29, 0.717) is 0 Å². The summed E-state index contributed by atoms with van der Waals surface area (Å²) in [5, 5.41) is 6.02. The zero-order valence-corrected chi connectivity index (χ0v) is 10.3. The molecule has 1 N–H and O–H groups in total. The van der Waals surface area contributed by atoms with Crippen molar-refractivity contribution < 1.29 is 0 Å². The molecule has 1 aliphatic heterocycles. The third-order valence-electron chi connectivity index (χ3n) is 3.45. The Morgan fingerprint density at radius 3 is 2.58 bits per heavy atom. The van der Waals surface area contributed by atoms with Crippen LogP contribution in [0.15, 0.2) is 60.8 Å². The Kier molecular flexibility index (Phi) is 2.15. The Labute approximate surface area is 111 Å². The lowest BCUT2D eigenvalue weighted by atomic mass is 9.98. The molecule has 0 aliphatic carbocycles. The molecule has 0 amide bonds. The largest absolute Gasteiger partial charge is 0.353 e. The number of anilines is 1. The summed E-state index contributed by atoms with van der Waals surface area (Å²) in [7, 11) is 0. The maximum absolute atomic E-state index is 4.41. The van der Waals surface area contributed by atoms with Crippen molar-refractivity contribution in [3.8, 4) is 0 Å². The first-order chi connectivity index (χ1) is 9.42. The molecule has 0 radical (unpaired) electrons. The van der Waals surface area contributed by atoms with Crippen LogP contribution in [0.1, 0.15) is 11.3 Å². The van der Waals surface area contributed by atoms with E-state index in [1.54, 1.807) is 0 Å². The third kappa shape index (κ3) is 1.61. The van der Waals surface area contributed by atoms with Gasteiger partial charge in [-0.05, 0) is 35.2 Å². The zero-order valence-electron chi connectivity index (χ0n) is 10.3. The van der Waals surface area contributed by atoms with Crippen LogP contribution in [0.2, 0.25) is 0 Å². The van der Waals surface area contributed by atoms with Crippen LogP contribution >= 0.6 is 0 Å². The van der Waals surface area contributed by atoms with E-state index >= 15 is 0 Å². The molecular formula is C17H12N2. The van der Waals surface area contributed by atoms with Crippen molar-refractivity contribution >= 4 is 28.2 Å². The van der Waals surface area contributed by atoms with Crippen LogP contribution in [0, 0.1) is 0 Å². The van der Waals surface area contributed by atoms with Gasteiger partial charge in [0.15, 0.2) is 0 Å². The number of nitrogens with one attached hydrogen (secondary N) is 1. The molecule has 90 valence electrons. The molecule has 0 fully saturated rings. The van der Waals surface area contributed by atoms with Crippen LogP contribution in [0.4, 0.5) is 5.69 Å². The highest BCUT2D eigenvalue weighted by Gasteiger charge is 2.13. The summed E-state index contributed by atoms with van der Waals surface area (Å²) in [5.41, 5.74) is 4.41. The summed E-state index contributed by atoms with van der Waals surface area (Å²) >= 11 is 0. The molecule has 0 unspecified atom stereocenters. The van der Waals surface area contributed by atoms with Gasteiger partial charge in [-0.1, -0.05) is 36.4 Å². The molecule has 2 heterocycles. The minimum Gasteiger partial charge on any atom is -0.353 e. The molecule has 3 aromatic rings. The van der Waals surface area contributed by atoms with Crippen molar-refractivity contribution in [2.75, 3.05) is 5.32 Å². The average molecular weight is 244 g/mol. The van der Waals surface area contributed by atoms with E-state index in [-0.39, 0.29) is 0 Å². The highest BCUT2D eigenvalue weighted by atomic mass is 14.9. The van der Waals surface area contributed by atoms with Crippen molar-refractivity contribution in [2.24, 2.45) is 0 Å².